The number of esters is 1. The molecule has 2 saturated carbocycles. The summed E-state index contributed by atoms with van der Waals surface area (Å²) in [5.74, 6) is 0.327. The molecule has 0 unspecified atom stereocenters. The smallest absolute Gasteiger partial charge is 0.308 e. The zero-order valence-electron chi connectivity index (χ0n) is 8.49. The maximum absolute atomic E-state index is 11.3. The van der Waals surface area contributed by atoms with Crippen LogP contribution in [0.4, 0.5) is 0 Å². The number of hydrogen-bond acceptors (Lipinski definition) is 3. The Morgan fingerprint density at radius 1 is 1.40 bits per heavy atom. The van der Waals surface area contributed by atoms with Gasteiger partial charge in [0.05, 0.1) is 12.5 Å². The SMILES string of the molecule is C.CCOC(=O)C1CC2(CC(C=O)C2)C1. The van der Waals surface area contributed by atoms with E-state index >= 15 is 0 Å². The van der Waals surface area contributed by atoms with Crippen LogP contribution in [0.15, 0.2) is 0 Å². The van der Waals surface area contributed by atoms with Crippen molar-refractivity contribution in [2.45, 2.75) is 40.0 Å². The van der Waals surface area contributed by atoms with Crippen LogP contribution in [0.1, 0.15) is 40.0 Å². The fraction of sp³-hybridized carbons (Fsp3) is 0.833. The van der Waals surface area contributed by atoms with E-state index in [4.69, 9.17) is 4.74 Å². The van der Waals surface area contributed by atoms with Crippen LogP contribution in [0.5, 0.6) is 0 Å². The van der Waals surface area contributed by atoms with Crippen LogP contribution in [0.3, 0.4) is 0 Å². The third kappa shape index (κ3) is 2.06. The zero-order chi connectivity index (χ0) is 10.2. The molecule has 86 valence electrons. The molecule has 2 aliphatic carbocycles. The van der Waals surface area contributed by atoms with E-state index < -0.39 is 0 Å². The molecule has 0 aromatic heterocycles. The fourth-order valence-corrected chi connectivity index (χ4v) is 2.89. The van der Waals surface area contributed by atoms with Gasteiger partial charge in [-0.15, -0.1) is 0 Å². The van der Waals surface area contributed by atoms with E-state index in [9.17, 15) is 9.59 Å². The van der Waals surface area contributed by atoms with Crippen LogP contribution in [-0.4, -0.2) is 18.9 Å². The third-order valence-electron chi connectivity index (χ3n) is 3.56. The molecule has 3 heteroatoms. The fourth-order valence-electron chi connectivity index (χ4n) is 2.89. The van der Waals surface area contributed by atoms with Crippen LogP contribution in [0, 0.1) is 17.3 Å². The highest BCUT2D eigenvalue weighted by molar-refractivity contribution is 5.74. The second-order valence-corrected chi connectivity index (χ2v) is 4.66. The summed E-state index contributed by atoms with van der Waals surface area (Å²) >= 11 is 0. The van der Waals surface area contributed by atoms with Crippen molar-refractivity contribution >= 4 is 12.3 Å². The summed E-state index contributed by atoms with van der Waals surface area (Å²) in [6.45, 7) is 2.30. The van der Waals surface area contributed by atoms with E-state index in [1.807, 2.05) is 6.92 Å². The Bertz CT molecular complexity index is 246. The van der Waals surface area contributed by atoms with Crippen molar-refractivity contribution in [2.24, 2.45) is 17.3 Å². The number of rotatable bonds is 3. The van der Waals surface area contributed by atoms with E-state index in [-0.39, 0.29) is 25.2 Å². The number of carbonyl (C=O) groups is 2. The largest absolute Gasteiger partial charge is 0.466 e. The van der Waals surface area contributed by atoms with E-state index in [0.717, 1.165) is 32.0 Å². The lowest BCUT2D eigenvalue weighted by atomic mass is 9.48. The minimum absolute atomic E-state index is 0. The van der Waals surface area contributed by atoms with E-state index in [2.05, 4.69) is 0 Å². The Hall–Kier alpha value is -0.860. The summed E-state index contributed by atoms with van der Waals surface area (Å²) < 4.78 is 4.95. The van der Waals surface area contributed by atoms with Crippen molar-refractivity contribution in [2.75, 3.05) is 6.61 Å². The van der Waals surface area contributed by atoms with Crippen molar-refractivity contribution in [1.82, 2.24) is 0 Å². The predicted octanol–water partition coefficient (Wildman–Crippen LogP) is 2.19. The van der Waals surface area contributed by atoms with Crippen LogP contribution in [0.2, 0.25) is 0 Å². The predicted molar refractivity (Wildman–Crippen MR) is 57.3 cm³/mol. The topological polar surface area (TPSA) is 43.4 Å². The van der Waals surface area contributed by atoms with Crippen LogP contribution in [-0.2, 0) is 14.3 Å². The average molecular weight is 212 g/mol. The van der Waals surface area contributed by atoms with Gasteiger partial charge in [-0.05, 0) is 38.0 Å². The molecular weight excluding hydrogens is 192 g/mol. The molecule has 0 radical (unpaired) electrons. The summed E-state index contributed by atoms with van der Waals surface area (Å²) in [6, 6.07) is 0. The molecule has 15 heavy (non-hydrogen) atoms. The Balaban J connectivity index is 0.00000112. The maximum atomic E-state index is 11.3. The molecule has 2 rings (SSSR count). The molecule has 2 fully saturated rings. The summed E-state index contributed by atoms with van der Waals surface area (Å²) in [4.78, 5) is 21.8. The molecular formula is C12H20O3. The first-order valence-electron chi connectivity index (χ1n) is 5.31. The first kappa shape index (κ1) is 12.2. The number of carbonyl (C=O) groups excluding carboxylic acids is 2. The Labute approximate surface area is 91.2 Å². The maximum Gasteiger partial charge on any atom is 0.308 e. The average Bonchev–Trinajstić information content (AvgIpc) is 2.00. The highest BCUT2D eigenvalue weighted by Crippen LogP contribution is 2.60. The Morgan fingerprint density at radius 3 is 2.47 bits per heavy atom. The van der Waals surface area contributed by atoms with Gasteiger partial charge in [0.15, 0.2) is 0 Å². The molecule has 0 aromatic carbocycles. The molecule has 0 saturated heterocycles. The number of ether oxygens (including phenoxy) is 1. The van der Waals surface area contributed by atoms with Crippen molar-refractivity contribution in [3.8, 4) is 0 Å². The standard InChI is InChI=1S/C11H16O3.CH4/c1-2-14-10(13)9-5-11(6-9)3-8(4-11)7-12;/h7-9H,2-6H2,1H3;1H4. The first-order valence-corrected chi connectivity index (χ1v) is 5.31. The number of hydrogen-bond donors (Lipinski definition) is 0. The normalized spacial score (nSPS) is 37.1. The monoisotopic (exact) mass is 212 g/mol. The molecule has 3 nitrogen and oxygen atoms in total. The lowest BCUT2D eigenvalue weighted by Crippen LogP contribution is -2.50. The van der Waals surface area contributed by atoms with Gasteiger partial charge in [-0.1, -0.05) is 7.43 Å². The molecule has 1 spiro atoms. The molecule has 0 aromatic rings. The van der Waals surface area contributed by atoms with Crippen molar-refractivity contribution < 1.29 is 14.3 Å². The van der Waals surface area contributed by atoms with E-state index in [0.29, 0.717) is 12.0 Å². The quantitative estimate of drug-likeness (QED) is 0.532. The Kier molecular flexibility index (Phi) is 3.53. The van der Waals surface area contributed by atoms with Gasteiger partial charge in [0.2, 0.25) is 0 Å². The summed E-state index contributed by atoms with van der Waals surface area (Å²) in [5, 5.41) is 0. The van der Waals surface area contributed by atoms with Gasteiger partial charge in [0, 0.05) is 5.92 Å². The zero-order valence-corrected chi connectivity index (χ0v) is 8.49. The van der Waals surface area contributed by atoms with Crippen LogP contribution < -0.4 is 0 Å². The molecule has 0 N–H and O–H groups in total. The van der Waals surface area contributed by atoms with Gasteiger partial charge < -0.3 is 9.53 Å². The second-order valence-electron chi connectivity index (χ2n) is 4.66. The van der Waals surface area contributed by atoms with Crippen LogP contribution in [0.25, 0.3) is 0 Å². The number of aldehydes is 1. The lowest BCUT2D eigenvalue weighted by molar-refractivity contribution is -0.164. The molecule has 0 atom stereocenters. The van der Waals surface area contributed by atoms with Crippen molar-refractivity contribution in [3.63, 3.8) is 0 Å². The first-order chi connectivity index (χ1) is 6.69. The highest BCUT2D eigenvalue weighted by atomic mass is 16.5. The third-order valence-corrected chi connectivity index (χ3v) is 3.56. The van der Waals surface area contributed by atoms with Crippen molar-refractivity contribution in [3.05, 3.63) is 0 Å². The van der Waals surface area contributed by atoms with Crippen molar-refractivity contribution in [1.29, 1.82) is 0 Å². The molecule has 0 amide bonds. The summed E-state index contributed by atoms with van der Waals surface area (Å²) in [6.07, 6.45) is 4.91. The molecule has 0 bridgehead atoms. The molecule has 0 heterocycles. The summed E-state index contributed by atoms with van der Waals surface area (Å²) in [5.41, 5.74) is 0.336. The Morgan fingerprint density at radius 2 is 2.00 bits per heavy atom. The van der Waals surface area contributed by atoms with Gasteiger partial charge in [-0.2, -0.15) is 0 Å². The lowest BCUT2D eigenvalue weighted by Gasteiger charge is -2.55. The van der Waals surface area contributed by atoms with Gasteiger partial charge >= 0.3 is 5.97 Å². The second kappa shape index (κ2) is 4.33. The molecule has 2 aliphatic rings. The van der Waals surface area contributed by atoms with Crippen LogP contribution >= 0.6 is 0 Å². The van der Waals surface area contributed by atoms with Gasteiger partial charge in [-0.3, -0.25) is 4.79 Å². The minimum Gasteiger partial charge on any atom is -0.466 e. The van der Waals surface area contributed by atoms with Gasteiger partial charge in [-0.25, -0.2) is 0 Å². The molecule has 0 aliphatic heterocycles. The summed E-state index contributed by atoms with van der Waals surface area (Å²) in [7, 11) is 0. The van der Waals surface area contributed by atoms with Gasteiger partial charge in [0.1, 0.15) is 6.29 Å². The van der Waals surface area contributed by atoms with E-state index in [1.54, 1.807) is 0 Å². The van der Waals surface area contributed by atoms with E-state index in [1.165, 1.54) is 0 Å². The highest BCUT2D eigenvalue weighted by Gasteiger charge is 2.55. The van der Waals surface area contributed by atoms with Gasteiger partial charge in [0.25, 0.3) is 0 Å². The minimum atomic E-state index is -0.0484.